The lowest BCUT2D eigenvalue weighted by Crippen LogP contribution is -2.51. The summed E-state index contributed by atoms with van der Waals surface area (Å²) in [6.07, 6.45) is 0. The Morgan fingerprint density at radius 1 is 1.29 bits per heavy atom. The highest BCUT2D eigenvalue weighted by atomic mass is 16.2. The van der Waals surface area contributed by atoms with Gasteiger partial charge in [0.25, 0.3) is 5.91 Å². The van der Waals surface area contributed by atoms with Gasteiger partial charge >= 0.3 is 0 Å². The minimum absolute atomic E-state index is 0.129. The minimum atomic E-state index is -0.129. The topological polar surface area (TPSA) is 78.6 Å². The van der Waals surface area contributed by atoms with Gasteiger partial charge in [-0.15, -0.1) is 10.2 Å². The van der Waals surface area contributed by atoms with Crippen LogP contribution in [-0.2, 0) is 0 Å². The number of rotatable bonds is 4. The summed E-state index contributed by atoms with van der Waals surface area (Å²) in [5, 5.41) is 8.21. The molecule has 2 N–H and O–H groups in total. The molecule has 0 aromatic carbocycles. The molecule has 2 rings (SSSR count). The maximum absolute atomic E-state index is 11.8. The van der Waals surface area contributed by atoms with E-state index < -0.39 is 0 Å². The van der Waals surface area contributed by atoms with Crippen LogP contribution in [0.5, 0.6) is 0 Å². The molecular formula is C14H24N6O. The number of amides is 1. The summed E-state index contributed by atoms with van der Waals surface area (Å²) >= 11 is 0. The van der Waals surface area contributed by atoms with Crippen molar-refractivity contribution in [3.63, 3.8) is 0 Å². The Morgan fingerprint density at radius 3 is 2.43 bits per heavy atom. The third-order valence-corrected chi connectivity index (χ3v) is 3.88. The maximum Gasteiger partial charge on any atom is 0.273 e. The average molecular weight is 292 g/mol. The number of hydrogen-bond donors (Lipinski definition) is 1. The largest absolute Gasteiger partial charge is 0.353 e. The normalized spacial score (nSPS) is 17.6. The molecule has 1 amide bonds. The summed E-state index contributed by atoms with van der Waals surface area (Å²) in [4.78, 5) is 17.8. The maximum atomic E-state index is 11.8. The number of aromatic nitrogens is 2. The highest BCUT2D eigenvalue weighted by molar-refractivity contribution is 5.91. The predicted molar refractivity (Wildman–Crippen MR) is 82.4 cm³/mol. The fraction of sp³-hybridized carbons (Fsp3) is 0.643. The molecule has 7 heteroatoms. The summed E-state index contributed by atoms with van der Waals surface area (Å²) in [6.45, 7) is 6.58. The number of carbonyl (C=O) groups excluding carboxylic acids is 1. The van der Waals surface area contributed by atoms with Crippen LogP contribution in [0.1, 0.15) is 17.4 Å². The molecule has 1 saturated heterocycles. The fourth-order valence-electron chi connectivity index (χ4n) is 2.38. The Morgan fingerprint density at radius 2 is 1.95 bits per heavy atom. The quantitative estimate of drug-likeness (QED) is 0.817. The first kappa shape index (κ1) is 15.7. The van der Waals surface area contributed by atoms with Gasteiger partial charge in [-0.2, -0.15) is 0 Å². The van der Waals surface area contributed by atoms with Crippen LogP contribution in [0.3, 0.4) is 0 Å². The molecular weight excluding hydrogens is 268 g/mol. The van der Waals surface area contributed by atoms with Crippen LogP contribution in [0.2, 0.25) is 0 Å². The predicted octanol–water partition coefficient (Wildman–Crippen LogP) is -0.352. The molecule has 21 heavy (non-hydrogen) atoms. The van der Waals surface area contributed by atoms with Crippen molar-refractivity contribution >= 4 is 11.7 Å². The number of nitrogens with two attached hydrogens (primary N) is 1. The van der Waals surface area contributed by atoms with Gasteiger partial charge in [0.15, 0.2) is 11.5 Å². The van der Waals surface area contributed by atoms with Gasteiger partial charge in [-0.3, -0.25) is 9.69 Å². The molecule has 0 bridgehead atoms. The van der Waals surface area contributed by atoms with Crippen LogP contribution in [-0.4, -0.2) is 78.8 Å². The van der Waals surface area contributed by atoms with Gasteiger partial charge in [0.05, 0.1) is 0 Å². The Bertz CT molecular complexity index is 467. The van der Waals surface area contributed by atoms with E-state index in [4.69, 9.17) is 5.73 Å². The number of hydrogen-bond acceptors (Lipinski definition) is 6. The molecule has 1 unspecified atom stereocenters. The zero-order chi connectivity index (χ0) is 15.4. The van der Waals surface area contributed by atoms with Crippen LogP contribution in [0.15, 0.2) is 12.1 Å². The van der Waals surface area contributed by atoms with E-state index in [9.17, 15) is 4.79 Å². The number of nitrogens with zero attached hydrogens (tertiary/aromatic N) is 5. The van der Waals surface area contributed by atoms with Crippen molar-refractivity contribution in [3.8, 4) is 0 Å². The van der Waals surface area contributed by atoms with Gasteiger partial charge in [-0.25, -0.2) is 0 Å². The van der Waals surface area contributed by atoms with E-state index in [1.165, 1.54) is 4.90 Å². The van der Waals surface area contributed by atoms with Crippen molar-refractivity contribution in [2.24, 2.45) is 5.73 Å². The Hall–Kier alpha value is -1.73. The zero-order valence-electron chi connectivity index (χ0n) is 13.0. The van der Waals surface area contributed by atoms with E-state index in [1.54, 1.807) is 20.2 Å². The lowest BCUT2D eigenvalue weighted by Gasteiger charge is -2.38. The molecule has 1 aromatic rings. The third-order valence-electron chi connectivity index (χ3n) is 3.88. The van der Waals surface area contributed by atoms with Crippen molar-refractivity contribution < 1.29 is 4.79 Å². The van der Waals surface area contributed by atoms with Crippen LogP contribution in [0.25, 0.3) is 0 Å². The first-order valence-electron chi connectivity index (χ1n) is 7.27. The monoisotopic (exact) mass is 292 g/mol. The highest BCUT2D eigenvalue weighted by Gasteiger charge is 2.21. The van der Waals surface area contributed by atoms with Gasteiger partial charge in [0.2, 0.25) is 0 Å². The molecule has 116 valence electrons. The fourth-order valence-corrected chi connectivity index (χ4v) is 2.38. The highest BCUT2D eigenvalue weighted by Crippen LogP contribution is 2.14. The van der Waals surface area contributed by atoms with Crippen molar-refractivity contribution in [3.05, 3.63) is 17.8 Å². The molecule has 7 nitrogen and oxygen atoms in total. The summed E-state index contributed by atoms with van der Waals surface area (Å²) < 4.78 is 0. The first-order valence-corrected chi connectivity index (χ1v) is 7.27. The van der Waals surface area contributed by atoms with E-state index >= 15 is 0 Å². The number of carbonyl (C=O) groups is 1. The summed E-state index contributed by atoms with van der Waals surface area (Å²) in [5.41, 5.74) is 6.08. The molecule has 0 saturated carbocycles. The molecule has 1 aromatic heterocycles. The van der Waals surface area contributed by atoms with Crippen LogP contribution < -0.4 is 10.6 Å². The van der Waals surface area contributed by atoms with Gasteiger partial charge in [0.1, 0.15) is 0 Å². The molecule has 1 aliphatic heterocycles. The molecule has 0 radical (unpaired) electrons. The van der Waals surface area contributed by atoms with Crippen molar-refractivity contribution in [1.29, 1.82) is 0 Å². The van der Waals surface area contributed by atoms with Crippen molar-refractivity contribution in [2.75, 3.05) is 51.7 Å². The van der Waals surface area contributed by atoms with Crippen LogP contribution in [0.4, 0.5) is 5.82 Å². The summed E-state index contributed by atoms with van der Waals surface area (Å²) in [7, 11) is 3.41. The Kier molecular flexibility index (Phi) is 5.08. The van der Waals surface area contributed by atoms with Crippen molar-refractivity contribution in [1.82, 2.24) is 20.0 Å². The van der Waals surface area contributed by atoms with E-state index in [-0.39, 0.29) is 5.91 Å². The molecule has 1 aliphatic rings. The Labute approximate surface area is 125 Å². The number of anilines is 1. The Balaban J connectivity index is 1.96. The van der Waals surface area contributed by atoms with E-state index in [0.29, 0.717) is 18.3 Å². The van der Waals surface area contributed by atoms with Crippen LogP contribution in [0, 0.1) is 0 Å². The van der Waals surface area contributed by atoms with E-state index in [1.807, 2.05) is 6.07 Å². The second-order valence-electron chi connectivity index (χ2n) is 5.58. The second kappa shape index (κ2) is 6.82. The smallest absolute Gasteiger partial charge is 0.273 e. The molecule has 1 fully saturated rings. The SMILES string of the molecule is CC(CN)N1CCN(c2ccc(C(=O)N(C)C)nn2)CC1. The first-order chi connectivity index (χ1) is 10.0. The zero-order valence-corrected chi connectivity index (χ0v) is 13.0. The van der Waals surface area contributed by atoms with E-state index in [2.05, 4.69) is 26.9 Å². The molecule has 1 atom stereocenters. The molecule has 2 heterocycles. The van der Waals surface area contributed by atoms with Gasteiger partial charge in [0, 0.05) is 52.9 Å². The summed E-state index contributed by atoms with van der Waals surface area (Å²) in [6, 6.07) is 4.02. The van der Waals surface area contributed by atoms with Gasteiger partial charge < -0.3 is 15.5 Å². The second-order valence-corrected chi connectivity index (χ2v) is 5.58. The van der Waals surface area contributed by atoms with Crippen molar-refractivity contribution in [2.45, 2.75) is 13.0 Å². The average Bonchev–Trinajstić information content (AvgIpc) is 2.53. The molecule has 0 aliphatic carbocycles. The van der Waals surface area contributed by atoms with Crippen LogP contribution >= 0.6 is 0 Å². The van der Waals surface area contributed by atoms with Gasteiger partial charge in [-0.1, -0.05) is 0 Å². The minimum Gasteiger partial charge on any atom is -0.353 e. The lowest BCUT2D eigenvalue weighted by molar-refractivity contribution is 0.0821. The van der Waals surface area contributed by atoms with E-state index in [0.717, 1.165) is 32.0 Å². The third kappa shape index (κ3) is 3.68. The summed E-state index contributed by atoms with van der Waals surface area (Å²) in [5.74, 6) is 0.695. The van der Waals surface area contributed by atoms with Gasteiger partial charge in [-0.05, 0) is 19.1 Å². The molecule has 0 spiro atoms. The lowest BCUT2D eigenvalue weighted by atomic mass is 10.2. The number of piperazine rings is 1. The standard InChI is InChI=1S/C14H24N6O/c1-11(10-15)19-6-8-20(9-7-19)13-5-4-12(16-17-13)14(21)18(2)3/h4-5,11H,6-10,15H2,1-3H3.